The summed E-state index contributed by atoms with van der Waals surface area (Å²) in [5, 5.41) is 24.2. The van der Waals surface area contributed by atoms with Crippen molar-refractivity contribution < 1.29 is 10.0 Å². The Morgan fingerprint density at radius 3 is 2.95 bits per heavy atom. The second-order valence-electron chi connectivity index (χ2n) is 5.31. The molecule has 2 N–H and O–H groups in total. The van der Waals surface area contributed by atoms with Gasteiger partial charge in [-0.15, -0.1) is 0 Å². The van der Waals surface area contributed by atoms with Gasteiger partial charge >= 0.3 is 0 Å². The van der Waals surface area contributed by atoms with E-state index in [0.717, 1.165) is 32.2 Å². The van der Waals surface area contributed by atoms with Crippen LogP contribution in [0, 0.1) is 16.0 Å². The van der Waals surface area contributed by atoms with Crippen LogP contribution in [0.25, 0.3) is 0 Å². The van der Waals surface area contributed by atoms with Crippen LogP contribution in [0.1, 0.15) is 31.2 Å². The molecule has 1 aliphatic rings. The number of nitro benzene ring substituents is 1. The fourth-order valence-corrected chi connectivity index (χ4v) is 2.98. The third-order valence-electron chi connectivity index (χ3n) is 3.78. The zero-order valence-electron chi connectivity index (χ0n) is 11.2. The molecule has 1 aromatic rings. The van der Waals surface area contributed by atoms with Crippen molar-refractivity contribution in [3.8, 4) is 0 Å². The third-order valence-corrected chi connectivity index (χ3v) is 4.13. The van der Waals surface area contributed by atoms with Gasteiger partial charge in [0.25, 0.3) is 5.69 Å². The molecule has 0 saturated heterocycles. The standard InChI is InChI=1S/C14H19ClN2O3/c15-13-5-2-6-14(17(19)20)12(13)9-16-8-10-3-1-4-11(18)7-10/h2,5-6,10-11,16,18H,1,3-4,7-9H2. The van der Waals surface area contributed by atoms with Crippen molar-refractivity contribution in [2.75, 3.05) is 6.54 Å². The molecule has 1 aromatic carbocycles. The van der Waals surface area contributed by atoms with E-state index in [4.69, 9.17) is 11.6 Å². The van der Waals surface area contributed by atoms with Crippen LogP contribution in [0.2, 0.25) is 5.02 Å². The van der Waals surface area contributed by atoms with Crippen LogP contribution in [0.3, 0.4) is 0 Å². The Hall–Kier alpha value is -1.17. The van der Waals surface area contributed by atoms with E-state index in [-0.39, 0.29) is 11.8 Å². The van der Waals surface area contributed by atoms with Gasteiger partial charge in [-0.2, -0.15) is 0 Å². The Morgan fingerprint density at radius 1 is 1.45 bits per heavy atom. The highest BCUT2D eigenvalue weighted by Gasteiger charge is 2.21. The number of halogens is 1. The largest absolute Gasteiger partial charge is 0.393 e. The van der Waals surface area contributed by atoms with Gasteiger partial charge in [-0.3, -0.25) is 10.1 Å². The van der Waals surface area contributed by atoms with E-state index in [0.29, 0.717) is 23.0 Å². The molecule has 2 rings (SSSR count). The summed E-state index contributed by atoms with van der Waals surface area (Å²) >= 11 is 6.03. The quantitative estimate of drug-likeness (QED) is 0.647. The molecule has 0 bridgehead atoms. The molecule has 1 fully saturated rings. The van der Waals surface area contributed by atoms with Crippen LogP contribution in [0.4, 0.5) is 5.69 Å². The predicted octanol–water partition coefficient (Wildman–Crippen LogP) is 2.89. The van der Waals surface area contributed by atoms with Gasteiger partial charge in [-0.25, -0.2) is 0 Å². The Labute approximate surface area is 123 Å². The molecule has 2 atom stereocenters. The fraction of sp³-hybridized carbons (Fsp3) is 0.571. The average molecular weight is 299 g/mol. The summed E-state index contributed by atoms with van der Waals surface area (Å²) in [7, 11) is 0. The second-order valence-corrected chi connectivity index (χ2v) is 5.72. The number of nitrogens with one attached hydrogen (secondary N) is 1. The van der Waals surface area contributed by atoms with Crippen LogP contribution in [0.15, 0.2) is 18.2 Å². The van der Waals surface area contributed by atoms with E-state index < -0.39 is 4.92 Å². The normalized spacial score (nSPS) is 22.7. The van der Waals surface area contributed by atoms with Crippen molar-refractivity contribution >= 4 is 17.3 Å². The molecule has 5 nitrogen and oxygen atoms in total. The molecule has 1 saturated carbocycles. The molecule has 0 radical (unpaired) electrons. The highest BCUT2D eigenvalue weighted by molar-refractivity contribution is 6.31. The maximum absolute atomic E-state index is 11.0. The minimum atomic E-state index is -0.409. The number of hydrogen-bond acceptors (Lipinski definition) is 4. The summed E-state index contributed by atoms with van der Waals surface area (Å²) < 4.78 is 0. The molecule has 0 aliphatic heterocycles. The maximum Gasteiger partial charge on any atom is 0.275 e. The predicted molar refractivity (Wildman–Crippen MR) is 77.8 cm³/mol. The summed E-state index contributed by atoms with van der Waals surface area (Å²) in [5.74, 6) is 0.431. The van der Waals surface area contributed by atoms with Crippen LogP contribution in [-0.4, -0.2) is 22.7 Å². The first-order valence-electron chi connectivity index (χ1n) is 6.88. The number of aliphatic hydroxyl groups is 1. The zero-order valence-corrected chi connectivity index (χ0v) is 12.0. The zero-order chi connectivity index (χ0) is 14.5. The van der Waals surface area contributed by atoms with Gasteiger partial charge < -0.3 is 10.4 Å². The van der Waals surface area contributed by atoms with E-state index in [9.17, 15) is 15.2 Å². The van der Waals surface area contributed by atoms with Crippen molar-refractivity contribution in [3.63, 3.8) is 0 Å². The molecule has 0 spiro atoms. The lowest BCUT2D eigenvalue weighted by Gasteiger charge is -2.26. The molecule has 110 valence electrons. The fourth-order valence-electron chi connectivity index (χ4n) is 2.74. The minimum Gasteiger partial charge on any atom is -0.393 e. The van der Waals surface area contributed by atoms with Gasteiger partial charge in [0.1, 0.15) is 0 Å². The molecule has 6 heteroatoms. The van der Waals surface area contributed by atoms with E-state index in [1.807, 2.05) is 0 Å². The molecule has 1 aliphatic carbocycles. The van der Waals surface area contributed by atoms with Gasteiger partial charge in [-0.05, 0) is 37.8 Å². The second kappa shape index (κ2) is 7.02. The summed E-state index contributed by atoms with van der Waals surface area (Å²) in [4.78, 5) is 10.6. The Morgan fingerprint density at radius 2 is 2.25 bits per heavy atom. The molecule has 2 unspecified atom stereocenters. The summed E-state index contributed by atoms with van der Waals surface area (Å²) in [5.41, 5.74) is 0.573. The first-order chi connectivity index (χ1) is 9.58. The molecular formula is C14H19ClN2O3. The van der Waals surface area contributed by atoms with Crippen LogP contribution in [-0.2, 0) is 6.54 Å². The van der Waals surface area contributed by atoms with Crippen LogP contribution in [0.5, 0.6) is 0 Å². The van der Waals surface area contributed by atoms with Gasteiger partial charge in [-0.1, -0.05) is 24.1 Å². The number of nitrogens with zero attached hydrogens (tertiary/aromatic N) is 1. The monoisotopic (exact) mass is 298 g/mol. The lowest BCUT2D eigenvalue weighted by molar-refractivity contribution is -0.385. The van der Waals surface area contributed by atoms with Gasteiger partial charge in [0, 0.05) is 12.6 Å². The van der Waals surface area contributed by atoms with E-state index in [1.54, 1.807) is 12.1 Å². The third kappa shape index (κ3) is 3.91. The first-order valence-corrected chi connectivity index (χ1v) is 7.26. The smallest absolute Gasteiger partial charge is 0.275 e. The highest BCUT2D eigenvalue weighted by Crippen LogP contribution is 2.27. The number of rotatable bonds is 5. The summed E-state index contributed by atoms with van der Waals surface area (Å²) in [6.45, 7) is 1.13. The Bertz CT molecular complexity index is 481. The maximum atomic E-state index is 11.0. The van der Waals surface area contributed by atoms with Gasteiger partial charge in [0.2, 0.25) is 0 Å². The topological polar surface area (TPSA) is 75.4 Å². The van der Waals surface area contributed by atoms with Crippen molar-refractivity contribution in [1.82, 2.24) is 5.32 Å². The number of benzene rings is 1. The van der Waals surface area contributed by atoms with Crippen LogP contribution >= 0.6 is 11.6 Å². The number of nitro groups is 1. The lowest BCUT2D eigenvalue weighted by Crippen LogP contribution is -2.29. The van der Waals surface area contributed by atoms with E-state index in [2.05, 4.69) is 5.32 Å². The minimum absolute atomic E-state index is 0.0497. The van der Waals surface area contributed by atoms with Crippen molar-refractivity contribution in [2.24, 2.45) is 5.92 Å². The molecular weight excluding hydrogens is 280 g/mol. The van der Waals surface area contributed by atoms with Crippen molar-refractivity contribution in [1.29, 1.82) is 0 Å². The Kier molecular flexibility index (Phi) is 5.34. The highest BCUT2D eigenvalue weighted by atomic mass is 35.5. The number of hydrogen-bond donors (Lipinski definition) is 2. The molecule has 20 heavy (non-hydrogen) atoms. The van der Waals surface area contributed by atoms with Crippen molar-refractivity contribution in [2.45, 2.75) is 38.3 Å². The van der Waals surface area contributed by atoms with Gasteiger partial charge in [0.05, 0.1) is 21.6 Å². The van der Waals surface area contributed by atoms with Gasteiger partial charge in [0.15, 0.2) is 0 Å². The first kappa shape index (κ1) is 15.2. The summed E-state index contributed by atoms with van der Waals surface area (Å²) in [6, 6.07) is 4.71. The van der Waals surface area contributed by atoms with Crippen LogP contribution < -0.4 is 5.32 Å². The Balaban J connectivity index is 1.92. The lowest BCUT2D eigenvalue weighted by atomic mass is 9.87. The molecule has 0 aromatic heterocycles. The van der Waals surface area contributed by atoms with E-state index in [1.165, 1.54) is 6.07 Å². The number of aliphatic hydroxyl groups excluding tert-OH is 1. The SMILES string of the molecule is O=[N+]([O-])c1cccc(Cl)c1CNCC1CCCC(O)C1. The van der Waals surface area contributed by atoms with E-state index >= 15 is 0 Å². The molecule has 0 heterocycles. The average Bonchev–Trinajstić information content (AvgIpc) is 2.40. The van der Waals surface area contributed by atoms with Crippen molar-refractivity contribution in [3.05, 3.63) is 38.9 Å². The summed E-state index contributed by atoms with van der Waals surface area (Å²) in [6.07, 6.45) is 3.61. The molecule has 0 amide bonds.